The van der Waals surface area contributed by atoms with Gasteiger partial charge in [0.25, 0.3) is 0 Å². The van der Waals surface area contributed by atoms with E-state index in [2.05, 4.69) is 22.3 Å². The number of carbonyl (C=O) groups is 2. The van der Waals surface area contributed by atoms with Crippen molar-refractivity contribution in [2.24, 2.45) is 22.9 Å². The maximum absolute atomic E-state index is 13.9. The molecule has 3 fully saturated rings. The van der Waals surface area contributed by atoms with E-state index < -0.39 is 71.8 Å². The normalized spacial score (nSPS) is 42.2. The van der Waals surface area contributed by atoms with Crippen LogP contribution in [-0.4, -0.2) is 139 Å². The third-order valence-electron chi connectivity index (χ3n) is 11.2. The van der Waals surface area contributed by atoms with Crippen molar-refractivity contribution in [3.8, 4) is 0 Å². The predicted octanol–water partition coefficient (Wildman–Crippen LogP) is 3.85. The van der Waals surface area contributed by atoms with Gasteiger partial charge in [0.2, 0.25) is 0 Å². The molecule has 15 nitrogen and oxygen atoms in total. The maximum Gasteiger partial charge on any atom is 0.410 e. The fourth-order valence-electron chi connectivity index (χ4n) is 8.32. The molecule has 0 aliphatic carbocycles. The summed E-state index contributed by atoms with van der Waals surface area (Å²) in [5.74, 6) is -2.25. The van der Waals surface area contributed by atoms with Gasteiger partial charge in [-0.15, -0.1) is 0 Å². The van der Waals surface area contributed by atoms with Crippen molar-refractivity contribution in [1.29, 1.82) is 0 Å². The minimum atomic E-state index is -1.22. The highest BCUT2D eigenvalue weighted by atomic mass is 16.7. The summed E-state index contributed by atoms with van der Waals surface area (Å²) in [5.41, 5.74) is 6.49. The number of rotatable bonds is 10. The van der Waals surface area contributed by atoms with Gasteiger partial charge in [0.15, 0.2) is 11.9 Å². The van der Waals surface area contributed by atoms with E-state index in [4.69, 9.17) is 29.2 Å². The summed E-state index contributed by atoms with van der Waals surface area (Å²) in [5, 5.41) is 30.5. The summed E-state index contributed by atoms with van der Waals surface area (Å²) in [4.78, 5) is 33.8. The number of nitrogens with one attached hydrogen (secondary N) is 1. The number of aliphatic hydroxyl groups excluding tert-OH is 2. The first-order valence-corrected chi connectivity index (χ1v) is 18.3. The van der Waals surface area contributed by atoms with E-state index in [0.717, 1.165) is 0 Å². The van der Waals surface area contributed by atoms with E-state index in [1.807, 2.05) is 60.5 Å². The van der Waals surface area contributed by atoms with Crippen LogP contribution in [0.25, 0.3) is 10.4 Å². The fourth-order valence-corrected chi connectivity index (χ4v) is 8.32. The molecule has 0 spiro atoms. The molecule has 288 valence electrons. The Bertz CT molecular complexity index is 1180. The predicted molar refractivity (Wildman–Crippen MR) is 187 cm³/mol. The lowest BCUT2D eigenvalue weighted by atomic mass is 9.77. The van der Waals surface area contributed by atoms with Crippen molar-refractivity contribution in [1.82, 2.24) is 15.1 Å². The molecule has 3 N–H and O–H groups in total. The zero-order valence-electron chi connectivity index (χ0n) is 32.1. The summed E-state index contributed by atoms with van der Waals surface area (Å²) < 4.78 is 31.3. The fraction of sp³-hybridized carbons (Fsp3) is 0.943. The van der Waals surface area contributed by atoms with Gasteiger partial charge in [-0.3, -0.25) is 9.69 Å². The van der Waals surface area contributed by atoms with Crippen molar-refractivity contribution in [3.63, 3.8) is 0 Å². The van der Waals surface area contributed by atoms with Gasteiger partial charge in [0.1, 0.15) is 12.2 Å². The number of amides is 1. The van der Waals surface area contributed by atoms with Crippen LogP contribution in [0.2, 0.25) is 0 Å². The van der Waals surface area contributed by atoms with Gasteiger partial charge in [0.05, 0.1) is 35.9 Å². The number of azide groups is 1. The Labute approximate surface area is 298 Å². The molecule has 0 aromatic carbocycles. The standard InChI is InChI=1S/C35H64N6O9/c1-12-26-35(8)29(41(33(45)50-35)16-14-13-15-38-39-36)24(6)37-19-20(2)18-34(7,46-11)30(22(4)27(42)23(5)31(44)48-26)49-32-28(43)25(40(9)10)17-21(3)47-32/h20-30,32,37,42-43H,12-19H2,1-11H3/t20-,21?,22+,23-,24-,25?,26-,27?,28?,29-,30-,32+,34-,35-/m1/s1. The van der Waals surface area contributed by atoms with Gasteiger partial charge >= 0.3 is 12.1 Å². The lowest BCUT2D eigenvalue weighted by molar-refractivity contribution is -0.301. The first-order valence-electron chi connectivity index (χ1n) is 18.3. The molecule has 0 radical (unpaired) electrons. The molecule has 0 bridgehead atoms. The third-order valence-corrected chi connectivity index (χ3v) is 11.2. The van der Waals surface area contributed by atoms with E-state index in [9.17, 15) is 19.8 Å². The van der Waals surface area contributed by atoms with Gasteiger partial charge < -0.3 is 44.1 Å². The molecule has 1 amide bonds. The second kappa shape index (κ2) is 18.0. The molecule has 15 heteroatoms. The Morgan fingerprint density at radius 1 is 1.12 bits per heavy atom. The summed E-state index contributed by atoms with van der Waals surface area (Å²) in [7, 11) is 5.42. The number of cyclic esters (lactones) is 1. The van der Waals surface area contributed by atoms with Crippen LogP contribution in [0.5, 0.6) is 0 Å². The molecule has 3 aliphatic rings. The Morgan fingerprint density at radius 3 is 2.40 bits per heavy atom. The smallest absolute Gasteiger partial charge is 0.410 e. The lowest BCUT2D eigenvalue weighted by Crippen LogP contribution is -2.61. The molecule has 14 atom stereocenters. The maximum atomic E-state index is 13.9. The molecular formula is C35H64N6O9. The number of aliphatic hydroxyl groups is 2. The monoisotopic (exact) mass is 712 g/mol. The van der Waals surface area contributed by atoms with Crippen molar-refractivity contribution in [3.05, 3.63) is 10.4 Å². The van der Waals surface area contributed by atoms with Gasteiger partial charge in [-0.1, -0.05) is 25.9 Å². The van der Waals surface area contributed by atoms with Crippen LogP contribution in [0.1, 0.15) is 87.5 Å². The minimum Gasteiger partial charge on any atom is -0.458 e. The molecule has 3 aliphatic heterocycles. The highest BCUT2D eigenvalue weighted by molar-refractivity contribution is 5.74. The average molecular weight is 713 g/mol. The molecule has 0 saturated carbocycles. The molecular weight excluding hydrogens is 648 g/mol. The summed E-state index contributed by atoms with van der Waals surface area (Å²) in [6.07, 6.45) is -2.75. The highest BCUT2D eigenvalue weighted by Gasteiger charge is 2.58. The van der Waals surface area contributed by atoms with Crippen LogP contribution < -0.4 is 5.32 Å². The third kappa shape index (κ3) is 9.40. The number of likely N-dealkylation sites (N-methyl/N-ethyl adjacent to an activating group) is 1. The Hall–Kier alpha value is -2.23. The molecule has 0 aromatic heterocycles. The van der Waals surface area contributed by atoms with E-state index in [1.165, 1.54) is 0 Å². The van der Waals surface area contributed by atoms with Gasteiger partial charge in [0, 0.05) is 43.1 Å². The van der Waals surface area contributed by atoms with Crippen LogP contribution in [0.15, 0.2) is 5.11 Å². The van der Waals surface area contributed by atoms with Gasteiger partial charge in [-0.2, -0.15) is 0 Å². The SMILES string of the molecule is CC[C@H]1OC(=O)[C@H](C)C(O)[C@H](C)[C@@H](O[C@@H]2OC(C)CC(N(C)C)C2O)[C@](C)(OC)C[C@@H](C)CN[C@H](C)[C@H]2N(CCCCN=[N+]=[N-])C(=O)O[C@]12C. The van der Waals surface area contributed by atoms with E-state index in [1.54, 1.807) is 18.9 Å². The number of fused-ring (bicyclic) bond motifs is 1. The topological polar surface area (TPSA) is 188 Å². The van der Waals surface area contributed by atoms with Crippen molar-refractivity contribution >= 4 is 12.1 Å². The largest absolute Gasteiger partial charge is 0.458 e. The van der Waals surface area contributed by atoms with Gasteiger partial charge in [-0.05, 0) is 98.8 Å². The minimum absolute atomic E-state index is 0.0208. The molecule has 50 heavy (non-hydrogen) atoms. The number of nitrogens with zero attached hydrogens (tertiary/aromatic N) is 5. The number of esters is 1. The molecule has 3 saturated heterocycles. The van der Waals surface area contributed by atoms with Crippen molar-refractivity contribution in [2.75, 3.05) is 40.8 Å². The second-order valence-corrected chi connectivity index (χ2v) is 15.5. The van der Waals surface area contributed by atoms with Crippen LogP contribution in [-0.2, 0) is 28.5 Å². The number of ether oxygens (including phenoxy) is 5. The van der Waals surface area contributed by atoms with Crippen LogP contribution >= 0.6 is 0 Å². The second-order valence-electron chi connectivity index (χ2n) is 15.5. The van der Waals surface area contributed by atoms with E-state index in [-0.39, 0.29) is 24.1 Å². The van der Waals surface area contributed by atoms with Crippen LogP contribution in [0.3, 0.4) is 0 Å². The van der Waals surface area contributed by atoms with E-state index >= 15 is 0 Å². The molecule has 0 aromatic rings. The van der Waals surface area contributed by atoms with Crippen LogP contribution in [0.4, 0.5) is 4.79 Å². The van der Waals surface area contributed by atoms with Gasteiger partial charge in [-0.25, -0.2) is 4.79 Å². The van der Waals surface area contributed by atoms with Crippen molar-refractivity contribution < 1.29 is 43.5 Å². The highest BCUT2D eigenvalue weighted by Crippen LogP contribution is 2.40. The Kier molecular flexibility index (Phi) is 15.2. The summed E-state index contributed by atoms with van der Waals surface area (Å²) >= 11 is 0. The first-order chi connectivity index (χ1) is 23.4. The first kappa shape index (κ1) is 42.2. The van der Waals surface area contributed by atoms with Crippen molar-refractivity contribution in [2.45, 2.75) is 154 Å². The molecule has 4 unspecified atom stereocenters. The quantitative estimate of drug-likeness (QED) is 0.0982. The molecule has 3 heterocycles. The zero-order chi connectivity index (χ0) is 37.6. The van der Waals surface area contributed by atoms with E-state index in [0.29, 0.717) is 51.7 Å². The summed E-state index contributed by atoms with van der Waals surface area (Å²) in [6, 6.07) is -0.975. The number of unbranched alkanes of at least 4 members (excludes halogenated alkanes) is 1. The number of methoxy groups -OCH3 is 1. The number of carbonyl (C=O) groups excluding carboxylic acids is 2. The average Bonchev–Trinajstić information content (AvgIpc) is 3.33. The summed E-state index contributed by atoms with van der Waals surface area (Å²) in [6.45, 7) is 16.3. The number of hydrogen-bond acceptors (Lipinski definition) is 12. The number of hydrogen-bond donors (Lipinski definition) is 3. The van der Waals surface area contributed by atoms with Crippen LogP contribution in [0, 0.1) is 17.8 Å². The Morgan fingerprint density at radius 2 is 1.80 bits per heavy atom. The lowest BCUT2D eigenvalue weighted by Gasteiger charge is -2.47. The Balaban J connectivity index is 2.02. The molecule has 3 rings (SSSR count). The zero-order valence-corrected chi connectivity index (χ0v) is 32.1.